The quantitative estimate of drug-likeness (QED) is 0.498. The summed E-state index contributed by atoms with van der Waals surface area (Å²) < 4.78 is 5.40. The molecule has 8 nitrogen and oxygen atoms in total. The van der Waals surface area contributed by atoms with Gasteiger partial charge in [-0.05, 0) is 67.6 Å². The van der Waals surface area contributed by atoms with Crippen molar-refractivity contribution >= 4 is 46.6 Å². The molecule has 1 heterocycles. The lowest BCUT2D eigenvalue weighted by molar-refractivity contribution is -0.116. The van der Waals surface area contributed by atoms with Crippen LogP contribution < -0.4 is 15.0 Å². The third-order valence-corrected chi connectivity index (χ3v) is 5.61. The normalized spacial score (nSPS) is 12.4. The molecule has 9 heteroatoms. The van der Waals surface area contributed by atoms with Crippen molar-refractivity contribution in [2.45, 2.75) is 6.92 Å². The van der Waals surface area contributed by atoms with Crippen LogP contribution in [0.3, 0.4) is 0 Å². The van der Waals surface area contributed by atoms with Crippen LogP contribution in [0.5, 0.6) is 5.75 Å². The predicted molar refractivity (Wildman–Crippen MR) is 132 cm³/mol. The Morgan fingerprint density at radius 1 is 0.971 bits per heavy atom. The monoisotopic (exact) mass is 491 g/mol. The van der Waals surface area contributed by atoms with Crippen LogP contribution in [0.15, 0.2) is 66.7 Å². The van der Waals surface area contributed by atoms with Crippen molar-refractivity contribution in [3.63, 3.8) is 0 Å². The van der Waals surface area contributed by atoms with Crippen LogP contribution in [0.25, 0.3) is 0 Å². The van der Waals surface area contributed by atoms with Gasteiger partial charge in [-0.3, -0.25) is 19.2 Å². The maximum absolute atomic E-state index is 13.0. The molecule has 4 rings (SSSR count). The van der Waals surface area contributed by atoms with Gasteiger partial charge < -0.3 is 15.0 Å². The molecule has 35 heavy (non-hydrogen) atoms. The maximum Gasteiger partial charge on any atom is 0.266 e. The summed E-state index contributed by atoms with van der Waals surface area (Å²) in [4.78, 5) is 53.5. The number of fused-ring (bicyclic) bond motifs is 1. The molecule has 4 amide bonds. The number of likely N-dealkylation sites (N-methyl/N-ethyl adjacent to an activating group) is 1. The zero-order valence-electron chi connectivity index (χ0n) is 19.1. The third kappa shape index (κ3) is 5.02. The highest BCUT2D eigenvalue weighted by atomic mass is 35.5. The highest BCUT2D eigenvalue weighted by molar-refractivity contribution is 6.34. The molecular weight excluding hydrogens is 470 g/mol. The summed E-state index contributed by atoms with van der Waals surface area (Å²) in [6.45, 7) is 2.15. The van der Waals surface area contributed by atoms with E-state index < -0.39 is 23.6 Å². The number of halogens is 1. The van der Waals surface area contributed by atoms with E-state index in [1.165, 1.54) is 30.1 Å². The Balaban J connectivity index is 1.48. The topological polar surface area (TPSA) is 96.0 Å². The van der Waals surface area contributed by atoms with Crippen LogP contribution in [-0.2, 0) is 4.79 Å². The van der Waals surface area contributed by atoms with Gasteiger partial charge in [0.15, 0.2) is 0 Å². The van der Waals surface area contributed by atoms with Crippen molar-refractivity contribution in [2.24, 2.45) is 0 Å². The molecule has 0 atom stereocenters. The molecule has 3 aromatic carbocycles. The number of hydrogen-bond acceptors (Lipinski definition) is 5. The van der Waals surface area contributed by atoms with Crippen LogP contribution in [0.4, 0.5) is 11.4 Å². The Labute approximate surface area is 207 Å². The Kier molecular flexibility index (Phi) is 6.84. The Morgan fingerprint density at radius 3 is 2.37 bits per heavy atom. The molecule has 0 bridgehead atoms. The highest BCUT2D eigenvalue weighted by Crippen LogP contribution is 2.30. The summed E-state index contributed by atoms with van der Waals surface area (Å²) in [5.74, 6) is -1.23. The van der Waals surface area contributed by atoms with Crippen molar-refractivity contribution in [1.82, 2.24) is 4.90 Å². The van der Waals surface area contributed by atoms with Crippen LogP contribution >= 0.6 is 11.6 Å². The molecule has 0 aromatic heterocycles. The van der Waals surface area contributed by atoms with Crippen molar-refractivity contribution in [2.75, 3.05) is 30.4 Å². The second kappa shape index (κ2) is 9.99. The molecular formula is C26H22ClN3O5. The largest absolute Gasteiger partial charge is 0.494 e. The van der Waals surface area contributed by atoms with Gasteiger partial charge in [-0.1, -0.05) is 17.7 Å². The van der Waals surface area contributed by atoms with Crippen molar-refractivity contribution in [3.8, 4) is 5.75 Å². The number of carbonyl (C=O) groups is 4. The second-order valence-electron chi connectivity index (χ2n) is 7.85. The molecule has 1 aliphatic heterocycles. The second-order valence-corrected chi connectivity index (χ2v) is 8.29. The summed E-state index contributed by atoms with van der Waals surface area (Å²) in [6.07, 6.45) is 0. The molecule has 0 aliphatic carbocycles. The number of hydrogen-bond donors (Lipinski definition) is 1. The summed E-state index contributed by atoms with van der Waals surface area (Å²) in [7, 11) is 1.48. The van der Waals surface area contributed by atoms with E-state index in [4.69, 9.17) is 16.3 Å². The lowest BCUT2D eigenvalue weighted by Gasteiger charge is -2.17. The number of nitrogens with one attached hydrogen (secondary N) is 1. The first-order valence-electron chi connectivity index (χ1n) is 10.8. The molecule has 0 saturated carbocycles. The highest BCUT2D eigenvalue weighted by Gasteiger charge is 2.37. The zero-order valence-corrected chi connectivity index (χ0v) is 19.8. The van der Waals surface area contributed by atoms with Crippen LogP contribution in [0, 0.1) is 0 Å². The number of ether oxygens (including phenoxy) is 1. The number of imide groups is 1. The van der Waals surface area contributed by atoms with Crippen molar-refractivity contribution < 1.29 is 23.9 Å². The average Bonchev–Trinajstić information content (AvgIpc) is 3.08. The van der Waals surface area contributed by atoms with E-state index in [2.05, 4.69) is 5.32 Å². The maximum atomic E-state index is 13.0. The van der Waals surface area contributed by atoms with Crippen LogP contribution in [0.2, 0.25) is 5.02 Å². The lowest BCUT2D eigenvalue weighted by atomic mass is 10.0. The molecule has 0 fully saturated rings. The minimum Gasteiger partial charge on any atom is -0.494 e. The van der Waals surface area contributed by atoms with Crippen molar-refractivity contribution in [3.05, 3.63) is 88.4 Å². The van der Waals surface area contributed by atoms with E-state index >= 15 is 0 Å². The molecule has 0 spiro atoms. The first-order valence-corrected chi connectivity index (χ1v) is 11.2. The van der Waals surface area contributed by atoms with Gasteiger partial charge in [0.1, 0.15) is 5.75 Å². The number of nitrogens with zero attached hydrogens (tertiary/aromatic N) is 2. The predicted octanol–water partition coefficient (Wildman–Crippen LogP) is 4.25. The summed E-state index contributed by atoms with van der Waals surface area (Å²) >= 11 is 5.93. The summed E-state index contributed by atoms with van der Waals surface area (Å²) in [5, 5.41) is 3.15. The minimum atomic E-state index is -0.523. The summed E-state index contributed by atoms with van der Waals surface area (Å²) in [5.41, 5.74) is 1.45. The molecule has 3 aromatic rings. The van der Waals surface area contributed by atoms with Crippen LogP contribution in [0.1, 0.15) is 38.0 Å². The van der Waals surface area contributed by atoms with Crippen LogP contribution in [-0.4, -0.2) is 48.7 Å². The van der Waals surface area contributed by atoms with E-state index in [9.17, 15) is 19.2 Å². The SMILES string of the molecule is CCOc1ccc(N2C(=O)c3ccc(C(=O)N(C)CC(=O)Nc4cccc(Cl)c4)cc3C2=O)cc1. The Morgan fingerprint density at radius 2 is 1.69 bits per heavy atom. The molecule has 1 aliphatic rings. The number of rotatable bonds is 7. The van der Waals surface area contributed by atoms with Gasteiger partial charge in [-0.15, -0.1) is 0 Å². The van der Waals surface area contributed by atoms with E-state index in [0.29, 0.717) is 28.8 Å². The lowest BCUT2D eigenvalue weighted by Crippen LogP contribution is -2.35. The fourth-order valence-electron chi connectivity index (χ4n) is 3.74. The number of benzene rings is 3. The number of carbonyl (C=O) groups excluding carboxylic acids is 4. The first kappa shape index (κ1) is 24.0. The van der Waals surface area contributed by atoms with Gasteiger partial charge in [0.25, 0.3) is 17.7 Å². The fourth-order valence-corrected chi connectivity index (χ4v) is 3.93. The van der Waals surface area contributed by atoms with Gasteiger partial charge in [-0.2, -0.15) is 0 Å². The van der Waals surface area contributed by atoms with Gasteiger partial charge in [0.2, 0.25) is 5.91 Å². The standard InChI is InChI=1S/C26H22ClN3O5/c1-3-35-20-10-8-19(9-11-20)30-25(33)21-12-7-16(13-22(21)26(30)34)24(32)29(2)15-23(31)28-18-6-4-5-17(27)14-18/h4-14H,3,15H2,1-2H3,(H,28,31). The summed E-state index contributed by atoms with van der Waals surface area (Å²) in [6, 6.07) is 17.6. The smallest absolute Gasteiger partial charge is 0.266 e. The van der Waals surface area contributed by atoms with Gasteiger partial charge in [-0.25, -0.2) is 4.90 Å². The van der Waals surface area contributed by atoms with Gasteiger partial charge in [0.05, 0.1) is 30.0 Å². The Bertz CT molecular complexity index is 1320. The molecule has 178 valence electrons. The molecule has 1 N–H and O–H groups in total. The molecule has 0 unspecified atom stereocenters. The van der Waals surface area contributed by atoms with E-state index in [-0.39, 0.29) is 23.2 Å². The van der Waals surface area contributed by atoms with Gasteiger partial charge in [0, 0.05) is 23.3 Å². The third-order valence-electron chi connectivity index (χ3n) is 5.38. The number of anilines is 2. The Hall–Kier alpha value is -4.17. The molecule has 0 radical (unpaired) electrons. The van der Waals surface area contributed by atoms with E-state index in [1.807, 2.05) is 6.92 Å². The van der Waals surface area contributed by atoms with E-state index in [1.54, 1.807) is 48.5 Å². The fraction of sp³-hybridized carbons (Fsp3) is 0.154. The van der Waals surface area contributed by atoms with Gasteiger partial charge >= 0.3 is 0 Å². The first-order chi connectivity index (χ1) is 16.8. The number of amides is 4. The minimum absolute atomic E-state index is 0.131. The zero-order chi connectivity index (χ0) is 25.1. The molecule has 0 saturated heterocycles. The average molecular weight is 492 g/mol. The van der Waals surface area contributed by atoms with E-state index in [0.717, 1.165) is 4.90 Å². The van der Waals surface area contributed by atoms with Crippen molar-refractivity contribution in [1.29, 1.82) is 0 Å².